The standard InChI is InChI=1S/C15H14N2O2/c1-2-19-15(18)12-6-10(12)13-8-17-14-4-3-9(7-16)5-11(13)14/h3-5,8,10,12,17H,2,6H2,1H3/t10-,12-/m0/s1. The summed E-state index contributed by atoms with van der Waals surface area (Å²) in [6.45, 7) is 2.24. The Morgan fingerprint density at radius 1 is 1.58 bits per heavy atom. The molecule has 1 heterocycles. The SMILES string of the molecule is CCOC(=O)[C@H]1C[C@@H]1c1c[nH]c2ccc(C#N)cc12. The fourth-order valence-corrected chi connectivity index (χ4v) is 2.57. The van der Waals surface area contributed by atoms with Gasteiger partial charge in [-0.1, -0.05) is 0 Å². The molecular formula is C15H14N2O2. The van der Waals surface area contributed by atoms with E-state index in [4.69, 9.17) is 10.00 Å². The van der Waals surface area contributed by atoms with Gasteiger partial charge in [0.15, 0.2) is 0 Å². The smallest absolute Gasteiger partial charge is 0.309 e. The minimum atomic E-state index is -0.113. The number of nitriles is 1. The van der Waals surface area contributed by atoms with Gasteiger partial charge in [0.1, 0.15) is 0 Å². The molecule has 1 N–H and O–H groups in total. The van der Waals surface area contributed by atoms with Crippen molar-refractivity contribution in [2.24, 2.45) is 5.92 Å². The van der Waals surface area contributed by atoms with Crippen LogP contribution in [0.5, 0.6) is 0 Å². The van der Waals surface area contributed by atoms with Crippen molar-refractivity contribution < 1.29 is 9.53 Å². The summed E-state index contributed by atoms with van der Waals surface area (Å²) in [5.74, 6) is 0.0877. The van der Waals surface area contributed by atoms with Crippen LogP contribution in [0.25, 0.3) is 10.9 Å². The van der Waals surface area contributed by atoms with Crippen molar-refractivity contribution in [1.29, 1.82) is 5.26 Å². The van der Waals surface area contributed by atoms with Crippen molar-refractivity contribution in [2.45, 2.75) is 19.3 Å². The average Bonchev–Trinajstić information content (AvgIpc) is 3.11. The van der Waals surface area contributed by atoms with Crippen LogP contribution >= 0.6 is 0 Å². The zero-order valence-corrected chi connectivity index (χ0v) is 10.6. The zero-order chi connectivity index (χ0) is 13.4. The van der Waals surface area contributed by atoms with E-state index in [9.17, 15) is 4.79 Å². The van der Waals surface area contributed by atoms with E-state index in [1.165, 1.54) is 0 Å². The Morgan fingerprint density at radius 2 is 2.42 bits per heavy atom. The summed E-state index contributed by atoms with van der Waals surface area (Å²) in [6, 6.07) is 7.71. The number of benzene rings is 1. The van der Waals surface area contributed by atoms with Gasteiger partial charge in [-0.3, -0.25) is 4.79 Å². The molecule has 4 nitrogen and oxygen atoms in total. The van der Waals surface area contributed by atoms with Gasteiger partial charge in [-0.25, -0.2) is 0 Å². The van der Waals surface area contributed by atoms with Crippen LogP contribution in [-0.4, -0.2) is 17.6 Å². The molecule has 0 saturated heterocycles. The summed E-state index contributed by atoms with van der Waals surface area (Å²) in [4.78, 5) is 14.9. The second kappa shape index (κ2) is 4.43. The number of nitrogens with zero attached hydrogens (tertiary/aromatic N) is 1. The Morgan fingerprint density at radius 3 is 3.16 bits per heavy atom. The van der Waals surface area contributed by atoms with E-state index in [-0.39, 0.29) is 17.8 Å². The van der Waals surface area contributed by atoms with Gasteiger partial charge in [-0.2, -0.15) is 5.26 Å². The number of carbonyl (C=O) groups is 1. The minimum Gasteiger partial charge on any atom is -0.466 e. The number of fused-ring (bicyclic) bond motifs is 1. The normalized spacial score (nSPS) is 21.1. The van der Waals surface area contributed by atoms with E-state index < -0.39 is 0 Å². The van der Waals surface area contributed by atoms with E-state index in [0.29, 0.717) is 12.2 Å². The Bertz CT molecular complexity index is 681. The van der Waals surface area contributed by atoms with Gasteiger partial charge in [-0.05, 0) is 37.1 Å². The maximum atomic E-state index is 11.7. The van der Waals surface area contributed by atoms with Gasteiger partial charge >= 0.3 is 5.97 Å². The fraction of sp³-hybridized carbons (Fsp3) is 0.333. The van der Waals surface area contributed by atoms with E-state index in [2.05, 4.69) is 11.1 Å². The molecule has 19 heavy (non-hydrogen) atoms. The quantitative estimate of drug-likeness (QED) is 0.856. The highest BCUT2D eigenvalue weighted by atomic mass is 16.5. The maximum absolute atomic E-state index is 11.7. The highest BCUT2D eigenvalue weighted by molar-refractivity contribution is 5.87. The van der Waals surface area contributed by atoms with Gasteiger partial charge in [0.2, 0.25) is 0 Å². The highest BCUT2D eigenvalue weighted by Gasteiger charge is 2.46. The van der Waals surface area contributed by atoms with Crippen molar-refractivity contribution in [1.82, 2.24) is 4.98 Å². The molecular weight excluding hydrogens is 240 g/mol. The number of aromatic amines is 1. The first-order chi connectivity index (χ1) is 9.24. The van der Waals surface area contributed by atoms with E-state index in [1.807, 2.05) is 25.3 Å². The third kappa shape index (κ3) is 1.97. The van der Waals surface area contributed by atoms with Crippen LogP contribution in [0.1, 0.15) is 30.4 Å². The Kier molecular flexibility index (Phi) is 2.75. The maximum Gasteiger partial charge on any atom is 0.309 e. The van der Waals surface area contributed by atoms with Crippen molar-refractivity contribution in [3.8, 4) is 6.07 Å². The van der Waals surface area contributed by atoms with Crippen molar-refractivity contribution in [3.05, 3.63) is 35.5 Å². The lowest BCUT2D eigenvalue weighted by molar-refractivity contribution is -0.144. The molecule has 1 aliphatic rings. The first kappa shape index (κ1) is 11.8. The van der Waals surface area contributed by atoms with Crippen LogP contribution in [0.2, 0.25) is 0 Å². The third-order valence-corrected chi connectivity index (χ3v) is 3.62. The lowest BCUT2D eigenvalue weighted by atomic mass is 10.1. The Labute approximate surface area is 111 Å². The molecule has 0 spiro atoms. The highest BCUT2D eigenvalue weighted by Crippen LogP contribution is 2.50. The second-order valence-corrected chi connectivity index (χ2v) is 4.82. The van der Waals surface area contributed by atoms with Crippen LogP contribution in [0.15, 0.2) is 24.4 Å². The second-order valence-electron chi connectivity index (χ2n) is 4.82. The molecule has 4 heteroatoms. The van der Waals surface area contributed by atoms with E-state index in [0.717, 1.165) is 22.9 Å². The number of hydrogen-bond acceptors (Lipinski definition) is 3. The molecule has 2 aromatic rings. The van der Waals surface area contributed by atoms with Crippen molar-refractivity contribution in [3.63, 3.8) is 0 Å². The number of rotatable bonds is 3. The first-order valence-electron chi connectivity index (χ1n) is 6.42. The molecule has 96 valence electrons. The fourth-order valence-electron chi connectivity index (χ4n) is 2.57. The van der Waals surface area contributed by atoms with Crippen LogP contribution < -0.4 is 0 Å². The van der Waals surface area contributed by atoms with Gasteiger partial charge in [0.25, 0.3) is 0 Å². The number of H-pyrrole nitrogens is 1. The molecule has 2 atom stereocenters. The molecule has 1 saturated carbocycles. The number of aromatic nitrogens is 1. The predicted molar refractivity (Wildman–Crippen MR) is 70.5 cm³/mol. The molecule has 0 radical (unpaired) electrons. The number of esters is 1. The lowest BCUT2D eigenvalue weighted by Crippen LogP contribution is -2.07. The summed E-state index contributed by atoms with van der Waals surface area (Å²) < 4.78 is 5.05. The van der Waals surface area contributed by atoms with Gasteiger partial charge < -0.3 is 9.72 Å². The van der Waals surface area contributed by atoms with E-state index in [1.54, 1.807) is 6.07 Å². The number of hydrogen-bond donors (Lipinski definition) is 1. The third-order valence-electron chi connectivity index (χ3n) is 3.62. The summed E-state index contributed by atoms with van der Waals surface area (Å²) in [5, 5.41) is 9.99. The van der Waals surface area contributed by atoms with Crippen LogP contribution in [-0.2, 0) is 9.53 Å². The molecule has 0 amide bonds. The molecule has 0 unspecified atom stereocenters. The summed E-state index contributed by atoms with van der Waals surface area (Å²) in [6.07, 6.45) is 2.78. The minimum absolute atomic E-state index is 0.0234. The predicted octanol–water partition coefficient (Wildman–Crippen LogP) is 2.71. The van der Waals surface area contributed by atoms with Gasteiger partial charge in [-0.15, -0.1) is 0 Å². The Balaban J connectivity index is 1.91. The average molecular weight is 254 g/mol. The van der Waals surface area contributed by atoms with Crippen molar-refractivity contribution in [2.75, 3.05) is 6.61 Å². The molecule has 0 bridgehead atoms. The van der Waals surface area contributed by atoms with Crippen molar-refractivity contribution >= 4 is 16.9 Å². The van der Waals surface area contributed by atoms with Crippen LogP contribution in [0, 0.1) is 17.2 Å². The number of nitrogens with one attached hydrogen (secondary N) is 1. The summed E-state index contributed by atoms with van der Waals surface area (Å²) >= 11 is 0. The number of ether oxygens (including phenoxy) is 1. The number of carbonyl (C=O) groups excluding carboxylic acids is 1. The van der Waals surface area contributed by atoms with E-state index >= 15 is 0 Å². The van der Waals surface area contributed by atoms with Crippen LogP contribution in [0.3, 0.4) is 0 Å². The molecule has 1 aromatic heterocycles. The molecule has 3 rings (SSSR count). The largest absolute Gasteiger partial charge is 0.466 e. The molecule has 1 aromatic carbocycles. The summed E-state index contributed by atoms with van der Waals surface area (Å²) in [7, 11) is 0. The monoisotopic (exact) mass is 254 g/mol. The first-order valence-corrected chi connectivity index (χ1v) is 6.42. The van der Waals surface area contributed by atoms with Gasteiger partial charge in [0, 0.05) is 23.0 Å². The molecule has 0 aliphatic heterocycles. The summed E-state index contributed by atoms with van der Waals surface area (Å²) in [5.41, 5.74) is 2.76. The van der Waals surface area contributed by atoms with Gasteiger partial charge in [0.05, 0.1) is 24.2 Å². The zero-order valence-electron chi connectivity index (χ0n) is 10.6. The molecule has 1 aliphatic carbocycles. The topological polar surface area (TPSA) is 65.9 Å². The molecule has 1 fully saturated rings. The van der Waals surface area contributed by atoms with Crippen LogP contribution in [0.4, 0.5) is 0 Å². The lowest BCUT2D eigenvalue weighted by Gasteiger charge is -2.00. The Hall–Kier alpha value is -2.28.